The maximum absolute atomic E-state index is 5.22. The summed E-state index contributed by atoms with van der Waals surface area (Å²) in [5.41, 5.74) is 11.3. The fraction of sp³-hybridized carbons (Fsp3) is 0.286. The maximum Gasteiger partial charge on any atom is 0.161 e. The molecule has 7 aromatic rings. The number of aliphatic imine (C=N–C) groups is 2. The van der Waals surface area contributed by atoms with Gasteiger partial charge >= 0.3 is 0 Å². The molecule has 7 saturated carbocycles. The molecule has 14 rings (SSSR count). The zero-order chi connectivity index (χ0) is 39.5. The first-order valence-corrected chi connectivity index (χ1v) is 22.1. The fourth-order valence-corrected chi connectivity index (χ4v) is 14.4. The molecule has 5 bridgehead atoms. The number of hydrogen-bond acceptors (Lipinski definition) is 1. The number of benzene rings is 6. The number of aromatic nitrogens is 1. The normalized spacial score (nSPS) is 30.2. The van der Waals surface area contributed by atoms with Crippen LogP contribution in [-0.2, 0) is 5.41 Å². The highest BCUT2D eigenvalue weighted by atomic mass is 15.1. The van der Waals surface area contributed by atoms with Crippen molar-refractivity contribution in [1.82, 2.24) is 4.57 Å². The number of hydrogen-bond donors (Lipinski definition) is 0. The van der Waals surface area contributed by atoms with Crippen molar-refractivity contribution in [3.8, 4) is 11.1 Å². The summed E-state index contributed by atoms with van der Waals surface area (Å²) in [6.07, 6.45) is 7.22. The van der Waals surface area contributed by atoms with Gasteiger partial charge < -0.3 is 0 Å². The smallest absolute Gasteiger partial charge is 0.161 e. The molecule has 1 heterocycles. The van der Waals surface area contributed by atoms with Crippen molar-refractivity contribution in [2.75, 3.05) is 0 Å². The van der Waals surface area contributed by atoms with Gasteiger partial charge in [-0.15, -0.1) is 0 Å². The van der Waals surface area contributed by atoms with Crippen LogP contribution >= 0.6 is 0 Å². The number of fused-ring (bicyclic) bond motifs is 3. The topological polar surface area (TPSA) is 29.6 Å². The molecule has 1 spiro atoms. The van der Waals surface area contributed by atoms with Crippen LogP contribution in [-0.4, -0.2) is 16.2 Å². The van der Waals surface area contributed by atoms with Crippen molar-refractivity contribution in [3.05, 3.63) is 187 Å². The zero-order valence-corrected chi connectivity index (χ0v) is 34.1. The van der Waals surface area contributed by atoms with Gasteiger partial charge in [0.05, 0.1) is 16.7 Å². The summed E-state index contributed by atoms with van der Waals surface area (Å²) >= 11 is 0. The van der Waals surface area contributed by atoms with Gasteiger partial charge in [-0.25, -0.2) is 9.98 Å². The van der Waals surface area contributed by atoms with Crippen molar-refractivity contribution in [2.24, 2.45) is 56.8 Å². The van der Waals surface area contributed by atoms with Crippen LogP contribution in [0.15, 0.2) is 174 Å². The largest absolute Gasteiger partial charge is 0.297 e. The first kappa shape index (κ1) is 35.2. The van der Waals surface area contributed by atoms with E-state index in [0.29, 0.717) is 16.9 Å². The van der Waals surface area contributed by atoms with Crippen molar-refractivity contribution < 1.29 is 0 Å². The van der Waals surface area contributed by atoms with Crippen LogP contribution in [0.4, 0.5) is 0 Å². The Morgan fingerprint density at radius 1 is 0.610 bits per heavy atom. The van der Waals surface area contributed by atoms with E-state index in [1.54, 1.807) is 11.1 Å². The number of amidine groups is 1. The molecule has 1 aromatic heterocycles. The molecule has 3 heteroatoms. The minimum Gasteiger partial charge on any atom is -0.297 e. The Balaban J connectivity index is 0.859. The molecule has 7 aliphatic carbocycles. The minimum absolute atomic E-state index is 0.131. The van der Waals surface area contributed by atoms with Crippen LogP contribution < -0.4 is 0 Å². The average Bonchev–Trinajstić information content (AvgIpc) is 3.63. The zero-order valence-electron chi connectivity index (χ0n) is 34.1. The molecule has 0 aliphatic heterocycles. The second kappa shape index (κ2) is 13.1. The Hall–Kier alpha value is -5.80. The first-order valence-electron chi connectivity index (χ1n) is 22.1. The summed E-state index contributed by atoms with van der Waals surface area (Å²) < 4.78 is 2.24. The third-order valence-corrected chi connectivity index (χ3v) is 16.5. The molecule has 9 atom stereocenters. The van der Waals surface area contributed by atoms with Gasteiger partial charge in [0.25, 0.3) is 0 Å². The molecule has 290 valence electrons. The fourth-order valence-electron chi connectivity index (χ4n) is 14.4. The molecule has 9 unspecified atom stereocenters. The van der Waals surface area contributed by atoms with Crippen molar-refractivity contribution in [3.63, 3.8) is 0 Å². The maximum atomic E-state index is 5.22. The van der Waals surface area contributed by atoms with Crippen LogP contribution in [0.3, 0.4) is 0 Å². The Morgan fingerprint density at radius 3 is 1.83 bits per heavy atom. The highest BCUT2D eigenvalue weighted by Gasteiger charge is 2.87. The Morgan fingerprint density at radius 2 is 1.19 bits per heavy atom. The van der Waals surface area contributed by atoms with E-state index in [1.165, 1.54) is 54.0 Å². The molecule has 59 heavy (non-hydrogen) atoms. The van der Waals surface area contributed by atoms with Gasteiger partial charge in [0.2, 0.25) is 0 Å². The predicted molar refractivity (Wildman–Crippen MR) is 245 cm³/mol. The lowest BCUT2D eigenvalue weighted by atomic mass is 9.13. The minimum atomic E-state index is 0.131. The Labute approximate surface area is 348 Å². The quantitative estimate of drug-likeness (QED) is 0.114. The summed E-state index contributed by atoms with van der Waals surface area (Å²) in [6.45, 7) is 8.98. The second-order valence-corrected chi connectivity index (χ2v) is 18.6. The van der Waals surface area contributed by atoms with E-state index in [4.69, 9.17) is 9.98 Å². The summed E-state index contributed by atoms with van der Waals surface area (Å²) in [6, 6.07) is 57.7. The van der Waals surface area contributed by atoms with E-state index in [1.807, 2.05) is 18.2 Å². The third-order valence-electron chi connectivity index (χ3n) is 16.5. The van der Waals surface area contributed by atoms with Crippen LogP contribution in [0.1, 0.15) is 68.2 Å². The van der Waals surface area contributed by atoms with Crippen LogP contribution in [0.5, 0.6) is 0 Å². The molecule has 7 fully saturated rings. The van der Waals surface area contributed by atoms with Gasteiger partial charge in [-0.2, -0.15) is 0 Å². The van der Waals surface area contributed by atoms with Crippen molar-refractivity contribution in [2.45, 2.75) is 51.4 Å². The first-order chi connectivity index (χ1) is 29.0. The van der Waals surface area contributed by atoms with E-state index in [9.17, 15) is 0 Å². The van der Waals surface area contributed by atoms with Crippen LogP contribution in [0.2, 0.25) is 0 Å². The van der Waals surface area contributed by atoms with Gasteiger partial charge in [-0.3, -0.25) is 4.57 Å². The summed E-state index contributed by atoms with van der Waals surface area (Å²) in [5.74, 6) is 7.81. The molecule has 6 aromatic carbocycles. The monoisotopic (exact) mass is 765 g/mol. The summed E-state index contributed by atoms with van der Waals surface area (Å²) in [7, 11) is 0. The summed E-state index contributed by atoms with van der Waals surface area (Å²) in [4.78, 5) is 10.3. The van der Waals surface area contributed by atoms with Crippen LogP contribution in [0, 0.1) is 46.8 Å². The molecule has 0 amide bonds. The molecule has 0 radical (unpaired) electrons. The number of para-hydroxylation sites is 2. The van der Waals surface area contributed by atoms with E-state index in [-0.39, 0.29) is 5.41 Å². The highest BCUT2D eigenvalue weighted by Crippen LogP contribution is 2.91. The van der Waals surface area contributed by atoms with Gasteiger partial charge in [0.1, 0.15) is 5.84 Å². The SMILES string of the molecule is C=C(N=C(N=C(C)n1c2ccccc2c2ccccc21)c1ccccc1)c1ccc(-c2ccc(C3(c4ccccc4)C4CC5C6CC(CC)CC7C3C5C67C4)cc2)cc1. The van der Waals surface area contributed by atoms with Gasteiger partial charge in [-0.1, -0.05) is 166 Å². The van der Waals surface area contributed by atoms with E-state index >= 15 is 0 Å². The Kier molecular flexibility index (Phi) is 7.81. The highest BCUT2D eigenvalue weighted by molar-refractivity contribution is 6.16. The van der Waals surface area contributed by atoms with Crippen LogP contribution in [0.25, 0.3) is 38.6 Å². The van der Waals surface area contributed by atoms with Gasteiger partial charge in [0.15, 0.2) is 5.84 Å². The molecular weight excluding hydrogens is 715 g/mol. The van der Waals surface area contributed by atoms with E-state index < -0.39 is 0 Å². The van der Waals surface area contributed by atoms with Crippen molar-refractivity contribution in [1.29, 1.82) is 0 Å². The standard InChI is InChI=1S/C56H51N3/c1-4-37-31-48-47-33-44-34-55(48)49(32-37)53(52(47)55)56(44,42-17-9-6-10-18-42)43-29-27-40(28-30-43)39-25-23-38(24-26-39)35(2)57-54(41-15-7-5-8-16-41)58-36(3)59-50-21-13-11-19-45(50)46-20-12-14-22-51(46)59/h5-30,37,44,47-49,52-53H,2,4,31-34H2,1,3H3. The number of rotatable bonds is 7. The number of nitrogens with zero attached hydrogens (tertiary/aromatic N) is 3. The molecular formula is C56H51N3. The lowest BCUT2D eigenvalue weighted by molar-refractivity contribution is -0.407. The lowest BCUT2D eigenvalue weighted by Gasteiger charge is -2.90. The molecule has 0 saturated heterocycles. The van der Waals surface area contributed by atoms with E-state index in [0.717, 1.165) is 69.4 Å². The average molecular weight is 766 g/mol. The molecule has 3 nitrogen and oxygen atoms in total. The van der Waals surface area contributed by atoms with E-state index in [2.05, 4.69) is 165 Å². The van der Waals surface area contributed by atoms with Gasteiger partial charge in [-0.05, 0) is 119 Å². The lowest BCUT2D eigenvalue weighted by Crippen LogP contribution is -2.86. The second-order valence-electron chi connectivity index (χ2n) is 18.6. The predicted octanol–water partition coefficient (Wildman–Crippen LogP) is 13.5. The summed E-state index contributed by atoms with van der Waals surface area (Å²) in [5, 5.41) is 2.43. The molecule has 0 N–H and O–H groups in total. The van der Waals surface area contributed by atoms with Crippen molar-refractivity contribution >= 4 is 39.2 Å². The third kappa shape index (κ3) is 4.82. The molecule has 7 aliphatic rings. The van der Waals surface area contributed by atoms with Gasteiger partial charge in [0, 0.05) is 21.8 Å². The Bertz CT molecular complexity index is 2780.